The number of nitrogens with zero attached hydrogens (tertiary/aromatic N) is 1. The van der Waals surface area contributed by atoms with Crippen LogP contribution < -0.4 is 11.1 Å². The zero-order chi connectivity index (χ0) is 14.4. The molecule has 1 amide bonds. The highest BCUT2D eigenvalue weighted by atomic mass is 16.1. The lowest BCUT2D eigenvalue weighted by atomic mass is 10.1. The number of pyridine rings is 1. The van der Waals surface area contributed by atoms with E-state index in [1.165, 1.54) is 6.08 Å². The molecule has 0 saturated carbocycles. The van der Waals surface area contributed by atoms with Gasteiger partial charge in [-0.05, 0) is 37.6 Å². The SMILES string of the molecule is Cc1cccc2ccc(/C=C/C(=O)NCCCN)nc12. The van der Waals surface area contributed by atoms with Crippen molar-refractivity contribution in [3.63, 3.8) is 0 Å². The van der Waals surface area contributed by atoms with E-state index < -0.39 is 0 Å². The Balaban J connectivity index is 2.10. The minimum atomic E-state index is -0.120. The molecule has 0 aliphatic carbocycles. The van der Waals surface area contributed by atoms with E-state index in [1.54, 1.807) is 6.08 Å². The number of benzene rings is 1. The van der Waals surface area contributed by atoms with Gasteiger partial charge in [0.2, 0.25) is 5.91 Å². The molecule has 4 heteroatoms. The molecule has 20 heavy (non-hydrogen) atoms. The molecule has 2 rings (SSSR count). The van der Waals surface area contributed by atoms with E-state index >= 15 is 0 Å². The molecule has 4 nitrogen and oxygen atoms in total. The van der Waals surface area contributed by atoms with Gasteiger partial charge in [0.1, 0.15) is 0 Å². The van der Waals surface area contributed by atoms with Crippen LogP contribution in [0.4, 0.5) is 0 Å². The second-order valence-electron chi connectivity index (χ2n) is 4.65. The van der Waals surface area contributed by atoms with Crippen LogP contribution in [0.15, 0.2) is 36.4 Å². The monoisotopic (exact) mass is 269 g/mol. The predicted molar refractivity (Wildman–Crippen MR) is 82.2 cm³/mol. The van der Waals surface area contributed by atoms with Gasteiger partial charge in [0.05, 0.1) is 11.2 Å². The Hall–Kier alpha value is -2.20. The molecule has 0 radical (unpaired) electrons. The molecule has 2 aromatic rings. The van der Waals surface area contributed by atoms with Gasteiger partial charge in [-0.25, -0.2) is 4.98 Å². The van der Waals surface area contributed by atoms with Crippen molar-refractivity contribution < 1.29 is 4.79 Å². The fraction of sp³-hybridized carbons (Fsp3) is 0.250. The molecule has 104 valence electrons. The number of carbonyl (C=O) groups is 1. The first-order chi connectivity index (χ1) is 9.70. The van der Waals surface area contributed by atoms with Crippen LogP contribution in [-0.4, -0.2) is 24.0 Å². The number of hydrogen-bond acceptors (Lipinski definition) is 3. The molecule has 1 heterocycles. The summed E-state index contributed by atoms with van der Waals surface area (Å²) in [5.41, 5.74) is 8.25. The van der Waals surface area contributed by atoms with Gasteiger partial charge < -0.3 is 11.1 Å². The van der Waals surface area contributed by atoms with E-state index in [0.29, 0.717) is 13.1 Å². The molecule has 0 spiro atoms. The number of aryl methyl sites for hydroxylation is 1. The smallest absolute Gasteiger partial charge is 0.244 e. The summed E-state index contributed by atoms with van der Waals surface area (Å²) in [6, 6.07) is 10.00. The van der Waals surface area contributed by atoms with E-state index in [9.17, 15) is 4.79 Å². The van der Waals surface area contributed by atoms with Gasteiger partial charge in [0, 0.05) is 18.0 Å². The Kier molecular flexibility index (Phi) is 4.85. The summed E-state index contributed by atoms with van der Waals surface area (Å²) in [7, 11) is 0. The number of nitrogens with two attached hydrogens (primary N) is 1. The third kappa shape index (κ3) is 3.65. The fourth-order valence-corrected chi connectivity index (χ4v) is 1.94. The maximum Gasteiger partial charge on any atom is 0.244 e. The number of aromatic nitrogens is 1. The molecule has 0 atom stereocenters. The minimum Gasteiger partial charge on any atom is -0.353 e. The summed E-state index contributed by atoms with van der Waals surface area (Å²) in [6.45, 7) is 3.21. The molecule has 0 fully saturated rings. The summed E-state index contributed by atoms with van der Waals surface area (Å²) >= 11 is 0. The lowest BCUT2D eigenvalue weighted by Gasteiger charge is -2.02. The number of carbonyl (C=O) groups excluding carboxylic acids is 1. The zero-order valence-electron chi connectivity index (χ0n) is 11.6. The summed E-state index contributed by atoms with van der Waals surface area (Å²) in [5.74, 6) is -0.120. The van der Waals surface area contributed by atoms with Crippen molar-refractivity contribution in [3.05, 3.63) is 47.7 Å². The van der Waals surface area contributed by atoms with Gasteiger partial charge in [-0.15, -0.1) is 0 Å². The van der Waals surface area contributed by atoms with Gasteiger partial charge in [-0.3, -0.25) is 4.79 Å². The molecule has 0 aliphatic rings. The quantitative estimate of drug-likeness (QED) is 0.644. The number of amides is 1. The van der Waals surface area contributed by atoms with Crippen LogP contribution in [0.1, 0.15) is 17.7 Å². The number of hydrogen-bond donors (Lipinski definition) is 2. The first-order valence-corrected chi connectivity index (χ1v) is 6.73. The highest BCUT2D eigenvalue weighted by molar-refractivity contribution is 5.92. The van der Waals surface area contributed by atoms with Crippen molar-refractivity contribution in [1.29, 1.82) is 0 Å². The van der Waals surface area contributed by atoms with Crippen molar-refractivity contribution in [1.82, 2.24) is 10.3 Å². The second-order valence-corrected chi connectivity index (χ2v) is 4.65. The number of para-hydroxylation sites is 1. The Morgan fingerprint density at radius 2 is 2.20 bits per heavy atom. The van der Waals surface area contributed by atoms with Crippen molar-refractivity contribution in [3.8, 4) is 0 Å². The fourth-order valence-electron chi connectivity index (χ4n) is 1.94. The van der Waals surface area contributed by atoms with E-state index in [2.05, 4.69) is 10.3 Å². The lowest BCUT2D eigenvalue weighted by molar-refractivity contribution is -0.116. The largest absolute Gasteiger partial charge is 0.353 e. The molecular formula is C16H19N3O. The normalized spacial score (nSPS) is 11.1. The molecule has 1 aromatic heterocycles. The first kappa shape index (κ1) is 14.2. The van der Waals surface area contributed by atoms with Crippen LogP contribution in [0, 0.1) is 6.92 Å². The van der Waals surface area contributed by atoms with Crippen LogP contribution >= 0.6 is 0 Å². The molecule has 0 bridgehead atoms. The predicted octanol–water partition coefficient (Wildman–Crippen LogP) is 2.02. The number of fused-ring (bicyclic) bond motifs is 1. The number of rotatable bonds is 5. The van der Waals surface area contributed by atoms with Gasteiger partial charge in [-0.2, -0.15) is 0 Å². The highest BCUT2D eigenvalue weighted by Crippen LogP contribution is 2.16. The van der Waals surface area contributed by atoms with Crippen LogP contribution in [0.2, 0.25) is 0 Å². The van der Waals surface area contributed by atoms with Crippen molar-refractivity contribution in [2.24, 2.45) is 5.73 Å². The summed E-state index contributed by atoms with van der Waals surface area (Å²) in [5, 5.41) is 3.87. The standard InChI is InChI=1S/C16H19N3O/c1-12-4-2-5-13-6-7-14(19-16(12)13)8-9-15(20)18-11-3-10-17/h2,4-9H,3,10-11,17H2,1H3,(H,18,20)/b9-8+. The zero-order valence-corrected chi connectivity index (χ0v) is 11.6. The van der Waals surface area contributed by atoms with E-state index in [-0.39, 0.29) is 5.91 Å². The Labute approximate surface area is 118 Å². The third-order valence-corrected chi connectivity index (χ3v) is 3.03. The summed E-state index contributed by atoms with van der Waals surface area (Å²) < 4.78 is 0. The van der Waals surface area contributed by atoms with Gasteiger partial charge in [0.25, 0.3) is 0 Å². The molecule has 0 unspecified atom stereocenters. The Morgan fingerprint density at radius 3 is 3.00 bits per heavy atom. The Morgan fingerprint density at radius 1 is 1.35 bits per heavy atom. The van der Waals surface area contributed by atoms with Crippen molar-refractivity contribution in [2.75, 3.05) is 13.1 Å². The summed E-state index contributed by atoms with van der Waals surface area (Å²) in [4.78, 5) is 16.1. The molecule has 3 N–H and O–H groups in total. The topological polar surface area (TPSA) is 68.0 Å². The lowest BCUT2D eigenvalue weighted by Crippen LogP contribution is -2.23. The van der Waals surface area contributed by atoms with E-state index in [0.717, 1.165) is 28.6 Å². The van der Waals surface area contributed by atoms with Crippen LogP contribution in [-0.2, 0) is 4.79 Å². The van der Waals surface area contributed by atoms with Crippen LogP contribution in [0.25, 0.3) is 17.0 Å². The molecular weight excluding hydrogens is 250 g/mol. The van der Waals surface area contributed by atoms with Gasteiger partial charge in [0.15, 0.2) is 0 Å². The van der Waals surface area contributed by atoms with Crippen molar-refractivity contribution in [2.45, 2.75) is 13.3 Å². The second kappa shape index (κ2) is 6.82. The Bertz CT molecular complexity index is 635. The molecule has 1 aromatic carbocycles. The van der Waals surface area contributed by atoms with E-state index in [1.807, 2.05) is 37.3 Å². The maximum atomic E-state index is 11.6. The minimum absolute atomic E-state index is 0.120. The summed E-state index contributed by atoms with van der Waals surface area (Å²) in [6.07, 6.45) is 4.01. The number of nitrogens with one attached hydrogen (secondary N) is 1. The first-order valence-electron chi connectivity index (χ1n) is 6.73. The van der Waals surface area contributed by atoms with Crippen molar-refractivity contribution >= 4 is 22.9 Å². The average molecular weight is 269 g/mol. The average Bonchev–Trinajstić information content (AvgIpc) is 2.46. The van der Waals surface area contributed by atoms with Gasteiger partial charge in [-0.1, -0.05) is 24.3 Å². The highest BCUT2D eigenvalue weighted by Gasteiger charge is 1.99. The third-order valence-electron chi connectivity index (χ3n) is 3.03. The van der Waals surface area contributed by atoms with Gasteiger partial charge >= 0.3 is 0 Å². The maximum absolute atomic E-state index is 11.6. The van der Waals surface area contributed by atoms with Crippen LogP contribution in [0.3, 0.4) is 0 Å². The molecule has 0 aliphatic heterocycles. The van der Waals surface area contributed by atoms with E-state index in [4.69, 9.17) is 5.73 Å². The molecule has 0 saturated heterocycles. The van der Waals surface area contributed by atoms with Crippen LogP contribution in [0.5, 0.6) is 0 Å².